The second kappa shape index (κ2) is 7.98. The lowest BCUT2D eigenvalue weighted by Crippen LogP contribution is -2.54. The number of likely N-dealkylation sites (N-methyl/N-ethyl adjacent to an activating group) is 1. The zero-order valence-electron chi connectivity index (χ0n) is 15.1. The quantitative estimate of drug-likeness (QED) is 0.670. The van der Waals surface area contributed by atoms with Crippen molar-refractivity contribution in [3.05, 3.63) is 47.7 Å². The van der Waals surface area contributed by atoms with Gasteiger partial charge in [-0.3, -0.25) is 0 Å². The summed E-state index contributed by atoms with van der Waals surface area (Å²) in [6.07, 6.45) is -4.42. The number of aliphatic hydroxyl groups is 1. The van der Waals surface area contributed by atoms with E-state index in [0.717, 1.165) is 6.07 Å². The highest BCUT2D eigenvalue weighted by molar-refractivity contribution is 5.30. The lowest BCUT2D eigenvalue weighted by molar-refractivity contribution is -0.141. The molecule has 10 heteroatoms. The molecule has 0 bridgehead atoms. The molecule has 152 valence electrons. The van der Waals surface area contributed by atoms with Crippen LogP contribution < -0.4 is 15.4 Å². The SMILES string of the molecule is CNCC1(O)CCNCC1c1nc(Oc2cccc(F)c2)cc(C(F)(F)F)n1. The van der Waals surface area contributed by atoms with Crippen LogP contribution in [0.2, 0.25) is 0 Å². The second-order valence-corrected chi connectivity index (χ2v) is 6.65. The largest absolute Gasteiger partial charge is 0.439 e. The van der Waals surface area contributed by atoms with Crippen LogP contribution in [0.5, 0.6) is 11.6 Å². The molecule has 2 heterocycles. The van der Waals surface area contributed by atoms with Crippen LogP contribution in [0.3, 0.4) is 0 Å². The maximum absolute atomic E-state index is 13.4. The molecule has 0 saturated carbocycles. The van der Waals surface area contributed by atoms with Gasteiger partial charge in [0.2, 0.25) is 5.88 Å². The molecule has 2 aromatic rings. The van der Waals surface area contributed by atoms with Crippen LogP contribution in [-0.4, -0.2) is 47.4 Å². The third-order valence-electron chi connectivity index (χ3n) is 4.56. The Hall–Kier alpha value is -2.30. The number of hydrogen-bond donors (Lipinski definition) is 3. The molecular formula is C18H20F4N4O2. The highest BCUT2D eigenvalue weighted by Gasteiger charge is 2.43. The summed E-state index contributed by atoms with van der Waals surface area (Å²) in [7, 11) is 1.64. The number of nitrogens with zero attached hydrogens (tertiary/aromatic N) is 2. The molecule has 0 aliphatic carbocycles. The fourth-order valence-corrected chi connectivity index (χ4v) is 3.21. The number of halogens is 4. The molecule has 1 aliphatic heterocycles. The molecule has 2 atom stereocenters. The summed E-state index contributed by atoms with van der Waals surface area (Å²) in [6, 6.07) is 5.65. The fourth-order valence-electron chi connectivity index (χ4n) is 3.21. The van der Waals surface area contributed by atoms with Crippen LogP contribution in [0.25, 0.3) is 0 Å². The average Bonchev–Trinajstić information content (AvgIpc) is 2.61. The van der Waals surface area contributed by atoms with Crippen LogP contribution in [0.15, 0.2) is 30.3 Å². The Morgan fingerprint density at radius 2 is 2.11 bits per heavy atom. The smallest absolute Gasteiger partial charge is 0.433 e. The van der Waals surface area contributed by atoms with E-state index < -0.39 is 29.2 Å². The third-order valence-corrected chi connectivity index (χ3v) is 4.56. The fraction of sp³-hybridized carbons (Fsp3) is 0.444. The van der Waals surface area contributed by atoms with Gasteiger partial charge in [-0.15, -0.1) is 0 Å². The van der Waals surface area contributed by atoms with Crippen molar-refractivity contribution >= 4 is 0 Å². The van der Waals surface area contributed by atoms with Crippen LogP contribution >= 0.6 is 0 Å². The third kappa shape index (κ3) is 4.57. The van der Waals surface area contributed by atoms with Crippen LogP contribution in [0.4, 0.5) is 17.6 Å². The monoisotopic (exact) mass is 400 g/mol. The Morgan fingerprint density at radius 1 is 1.32 bits per heavy atom. The number of piperidine rings is 1. The zero-order chi connectivity index (χ0) is 20.4. The van der Waals surface area contributed by atoms with Gasteiger partial charge in [0.05, 0.1) is 11.5 Å². The van der Waals surface area contributed by atoms with E-state index in [1.54, 1.807) is 7.05 Å². The second-order valence-electron chi connectivity index (χ2n) is 6.65. The Kier molecular flexibility index (Phi) is 5.82. The molecule has 1 aliphatic rings. The van der Waals surface area contributed by atoms with Crippen molar-refractivity contribution in [2.45, 2.75) is 24.1 Å². The number of alkyl halides is 3. The van der Waals surface area contributed by atoms with Gasteiger partial charge in [-0.05, 0) is 32.1 Å². The Bertz CT molecular complexity index is 829. The lowest BCUT2D eigenvalue weighted by Gasteiger charge is -2.39. The van der Waals surface area contributed by atoms with Gasteiger partial charge in [0.25, 0.3) is 0 Å². The molecule has 2 unspecified atom stereocenters. The van der Waals surface area contributed by atoms with Gasteiger partial charge in [0.15, 0.2) is 5.69 Å². The summed E-state index contributed by atoms with van der Waals surface area (Å²) in [5.74, 6) is -1.94. The van der Waals surface area contributed by atoms with Crippen molar-refractivity contribution in [1.82, 2.24) is 20.6 Å². The Balaban J connectivity index is 2.02. The van der Waals surface area contributed by atoms with E-state index in [4.69, 9.17) is 4.74 Å². The van der Waals surface area contributed by atoms with Crippen molar-refractivity contribution in [2.24, 2.45) is 0 Å². The number of benzene rings is 1. The maximum atomic E-state index is 13.4. The summed E-state index contributed by atoms with van der Waals surface area (Å²) in [5, 5.41) is 16.8. The van der Waals surface area contributed by atoms with Crippen molar-refractivity contribution in [2.75, 3.05) is 26.7 Å². The number of rotatable bonds is 5. The molecule has 1 saturated heterocycles. The number of nitrogens with one attached hydrogen (secondary N) is 2. The average molecular weight is 400 g/mol. The summed E-state index contributed by atoms with van der Waals surface area (Å²) >= 11 is 0. The highest BCUT2D eigenvalue weighted by atomic mass is 19.4. The van der Waals surface area contributed by atoms with Crippen molar-refractivity contribution in [1.29, 1.82) is 0 Å². The zero-order valence-corrected chi connectivity index (χ0v) is 15.1. The van der Waals surface area contributed by atoms with E-state index >= 15 is 0 Å². The molecular weight excluding hydrogens is 380 g/mol. The van der Waals surface area contributed by atoms with Gasteiger partial charge < -0.3 is 20.5 Å². The van der Waals surface area contributed by atoms with Crippen LogP contribution in [0, 0.1) is 5.82 Å². The minimum Gasteiger partial charge on any atom is -0.439 e. The predicted octanol–water partition coefficient (Wildman–Crippen LogP) is 2.45. The summed E-state index contributed by atoms with van der Waals surface area (Å²) in [6.45, 7) is 0.887. The van der Waals surface area contributed by atoms with Gasteiger partial charge in [-0.25, -0.2) is 9.37 Å². The predicted molar refractivity (Wildman–Crippen MR) is 92.6 cm³/mol. The first-order valence-electron chi connectivity index (χ1n) is 8.68. The highest BCUT2D eigenvalue weighted by Crippen LogP contribution is 2.36. The minimum atomic E-state index is -4.74. The summed E-state index contributed by atoms with van der Waals surface area (Å²) in [5.41, 5.74) is -2.51. The number of ether oxygens (including phenoxy) is 1. The van der Waals surface area contributed by atoms with Crippen LogP contribution in [-0.2, 0) is 6.18 Å². The van der Waals surface area contributed by atoms with E-state index in [2.05, 4.69) is 20.6 Å². The van der Waals surface area contributed by atoms with Crippen molar-refractivity contribution < 1.29 is 27.4 Å². The van der Waals surface area contributed by atoms with Gasteiger partial charge in [0.1, 0.15) is 17.4 Å². The normalized spacial score (nSPS) is 22.9. The molecule has 28 heavy (non-hydrogen) atoms. The van der Waals surface area contributed by atoms with Gasteiger partial charge >= 0.3 is 6.18 Å². The van der Waals surface area contributed by atoms with Gasteiger partial charge in [0, 0.05) is 25.2 Å². The first-order chi connectivity index (χ1) is 13.2. The molecule has 6 nitrogen and oxygen atoms in total. The Morgan fingerprint density at radius 3 is 2.79 bits per heavy atom. The maximum Gasteiger partial charge on any atom is 0.433 e. The molecule has 1 fully saturated rings. The number of hydrogen-bond acceptors (Lipinski definition) is 6. The number of aromatic nitrogens is 2. The van der Waals surface area contributed by atoms with Crippen LogP contribution in [0.1, 0.15) is 23.9 Å². The molecule has 3 N–H and O–H groups in total. The molecule has 0 amide bonds. The first kappa shape index (κ1) is 20.4. The standard InChI is InChI=1S/C18H20F4N4O2/c1-23-10-17(27)5-6-24-9-13(17)16-25-14(18(20,21)22)8-15(26-16)28-12-4-2-3-11(19)7-12/h2-4,7-8,13,23-24,27H,5-6,9-10H2,1H3. The molecule has 1 aromatic carbocycles. The molecule has 1 aromatic heterocycles. The van der Waals surface area contributed by atoms with E-state index in [0.29, 0.717) is 19.0 Å². The summed E-state index contributed by atoms with van der Waals surface area (Å²) < 4.78 is 58.8. The van der Waals surface area contributed by atoms with E-state index in [-0.39, 0.29) is 30.5 Å². The minimum absolute atomic E-state index is 0.00466. The van der Waals surface area contributed by atoms with E-state index in [9.17, 15) is 22.7 Å². The summed E-state index contributed by atoms with van der Waals surface area (Å²) in [4.78, 5) is 7.74. The van der Waals surface area contributed by atoms with Gasteiger partial charge in [-0.2, -0.15) is 18.2 Å². The molecule has 0 spiro atoms. The topological polar surface area (TPSA) is 79.3 Å². The molecule has 3 rings (SSSR count). The lowest BCUT2D eigenvalue weighted by atomic mass is 9.81. The molecule has 0 radical (unpaired) electrons. The van der Waals surface area contributed by atoms with E-state index in [1.165, 1.54) is 18.2 Å². The van der Waals surface area contributed by atoms with Crippen molar-refractivity contribution in [3.8, 4) is 11.6 Å². The first-order valence-corrected chi connectivity index (χ1v) is 8.68. The Labute approximate surface area is 159 Å². The van der Waals surface area contributed by atoms with Gasteiger partial charge in [-0.1, -0.05) is 6.07 Å². The van der Waals surface area contributed by atoms with Crippen molar-refractivity contribution in [3.63, 3.8) is 0 Å². The van der Waals surface area contributed by atoms with E-state index in [1.807, 2.05) is 0 Å².